The molecule has 2 saturated heterocycles. The molecular weight excluding hydrogens is 435 g/mol. The van der Waals surface area contributed by atoms with Crippen molar-refractivity contribution in [2.75, 3.05) is 36.0 Å². The quantitative estimate of drug-likeness (QED) is 0.738. The first-order valence-corrected chi connectivity index (χ1v) is 12.0. The highest BCUT2D eigenvalue weighted by molar-refractivity contribution is 6.09. The van der Waals surface area contributed by atoms with Gasteiger partial charge < -0.3 is 15.1 Å². The summed E-state index contributed by atoms with van der Waals surface area (Å²) in [5, 5.41) is 2.79. The predicted octanol–water partition coefficient (Wildman–Crippen LogP) is 3.08. The molecule has 2 fully saturated rings. The fourth-order valence-electron chi connectivity index (χ4n) is 5.20. The van der Waals surface area contributed by atoms with Gasteiger partial charge in [-0.25, -0.2) is 4.39 Å². The van der Waals surface area contributed by atoms with Gasteiger partial charge in [-0.15, -0.1) is 0 Å². The number of carbonyl (C=O) groups excluding carboxylic acids is 3. The topological polar surface area (TPSA) is 73.0 Å². The maximum atomic E-state index is 13.5. The van der Waals surface area contributed by atoms with E-state index in [0.29, 0.717) is 16.8 Å². The Morgan fingerprint density at radius 3 is 2.56 bits per heavy atom. The average molecular weight is 465 g/mol. The largest absolute Gasteiger partial charge is 0.358 e. The number of fused-ring (bicyclic) bond motifs is 3. The molecule has 2 aromatic rings. The molecule has 34 heavy (non-hydrogen) atoms. The Hall–Kier alpha value is -3.42. The molecule has 2 aromatic carbocycles. The van der Waals surface area contributed by atoms with Crippen LogP contribution >= 0.6 is 0 Å². The van der Waals surface area contributed by atoms with Crippen LogP contribution in [-0.4, -0.2) is 54.8 Å². The zero-order valence-corrected chi connectivity index (χ0v) is 19.1. The van der Waals surface area contributed by atoms with Gasteiger partial charge in [0, 0.05) is 31.7 Å². The van der Waals surface area contributed by atoms with Crippen LogP contribution in [0.25, 0.3) is 0 Å². The Morgan fingerprint density at radius 1 is 0.971 bits per heavy atom. The molecule has 7 nitrogen and oxygen atoms in total. The second-order valence-corrected chi connectivity index (χ2v) is 9.24. The van der Waals surface area contributed by atoms with Gasteiger partial charge >= 0.3 is 0 Å². The Kier molecular flexibility index (Phi) is 6.22. The Labute approximate surface area is 198 Å². The third-order valence-corrected chi connectivity index (χ3v) is 6.95. The van der Waals surface area contributed by atoms with Crippen molar-refractivity contribution in [2.24, 2.45) is 0 Å². The molecule has 178 valence electrons. The minimum Gasteiger partial charge on any atom is -0.358 e. The van der Waals surface area contributed by atoms with Crippen molar-refractivity contribution in [3.05, 3.63) is 59.4 Å². The molecule has 0 aliphatic carbocycles. The summed E-state index contributed by atoms with van der Waals surface area (Å²) < 4.78 is 13.5. The van der Waals surface area contributed by atoms with Gasteiger partial charge in [0.25, 0.3) is 5.91 Å². The molecule has 1 N–H and O–H groups in total. The summed E-state index contributed by atoms with van der Waals surface area (Å²) in [6, 6.07) is 11.3. The summed E-state index contributed by atoms with van der Waals surface area (Å²) in [6.07, 6.45) is 4.72. The highest BCUT2D eigenvalue weighted by Gasteiger charge is 2.40. The molecule has 0 aromatic heterocycles. The number of nitrogens with zero attached hydrogens (tertiary/aromatic N) is 3. The summed E-state index contributed by atoms with van der Waals surface area (Å²) in [4.78, 5) is 44.8. The molecular formula is C26H29FN4O3. The van der Waals surface area contributed by atoms with Gasteiger partial charge in [-0.1, -0.05) is 12.1 Å². The number of nitrogens with one attached hydrogen (secondary N) is 1. The van der Waals surface area contributed by atoms with Crippen molar-refractivity contribution < 1.29 is 18.8 Å². The molecule has 0 unspecified atom stereocenters. The lowest BCUT2D eigenvalue weighted by Crippen LogP contribution is -2.57. The third kappa shape index (κ3) is 4.36. The van der Waals surface area contributed by atoms with E-state index in [2.05, 4.69) is 10.2 Å². The summed E-state index contributed by atoms with van der Waals surface area (Å²) in [5.74, 6) is -0.841. The van der Waals surface area contributed by atoms with Crippen LogP contribution in [0.5, 0.6) is 0 Å². The molecule has 0 radical (unpaired) electrons. The lowest BCUT2D eigenvalue weighted by molar-refractivity contribution is -0.125. The van der Waals surface area contributed by atoms with E-state index in [-0.39, 0.29) is 42.7 Å². The standard InChI is InChI=1S/C26H29FN4O3/c27-20-7-5-6-18(14-20)16-28-24(32)17-31-23-15-19(25(33)29-11-3-4-12-29)9-10-21(23)30-13-2-1-8-22(30)26(31)34/h5-7,9-10,14-15,22H,1-4,8,11-13,16-17H2,(H,28,32)/t22-/m1/s1. The first-order valence-electron chi connectivity index (χ1n) is 12.0. The van der Waals surface area contributed by atoms with Gasteiger partial charge in [0.1, 0.15) is 18.4 Å². The molecule has 8 heteroatoms. The molecule has 0 saturated carbocycles. The summed E-state index contributed by atoms with van der Waals surface area (Å²) in [5.41, 5.74) is 2.68. The summed E-state index contributed by atoms with van der Waals surface area (Å²) in [7, 11) is 0. The van der Waals surface area contributed by atoms with E-state index < -0.39 is 0 Å². The average Bonchev–Trinajstić information content (AvgIpc) is 3.40. The van der Waals surface area contributed by atoms with E-state index in [9.17, 15) is 18.8 Å². The second-order valence-electron chi connectivity index (χ2n) is 9.24. The monoisotopic (exact) mass is 464 g/mol. The first-order chi connectivity index (χ1) is 16.5. The van der Waals surface area contributed by atoms with Crippen molar-refractivity contribution in [2.45, 2.75) is 44.7 Å². The van der Waals surface area contributed by atoms with Crippen LogP contribution in [0, 0.1) is 5.82 Å². The van der Waals surface area contributed by atoms with E-state index >= 15 is 0 Å². The van der Waals surface area contributed by atoms with Crippen molar-refractivity contribution in [3.63, 3.8) is 0 Å². The van der Waals surface area contributed by atoms with E-state index in [0.717, 1.165) is 57.4 Å². The van der Waals surface area contributed by atoms with Gasteiger partial charge in [0.05, 0.1) is 11.4 Å². The van der Waals surface area contributed by atoms with Gasteiger partial charge in [0.2, 0.25) is 11.8 Å². The van der Waals surface area contributed by atoms with Crippen LogP contribution in [0.2, 0.25) is 0 Å². The zero-order chi connectivity index (χ0) is 23.7. The smallest absolute Gasteiger partial charge is 0.253 e. The molecule has 3 aliphatic heterocycles. The van der Waals surface area contributed by atoms with Crippen LogP contribution in [0.15, 0.2) is 42.5 Å². The fraction of sp³-hybridized carbons (Fsp3) is 0.423. The fourth-order valence-corrected chi connectivity index (χ4v) is 5.20. The van der Waals surface area contributed by atoms with Crippen molar-refractivity contribution in [3.8, 4) is 0 Å². The van der Waals surface area contributed by atoms with E-state index in [4.69, 9.17) is 0 Å². The van der Waals surface area contributed by atoms with Gasteiger partial charge in [0.15, 0.2) is 0 Å². The van der Waals surface area contributed by atoms with Gasteiger partial charge in [-0.2, -0.15) is 0 Å². The van der Waals surface area contributed by atoms with Crippen molar-refractivity contribution >= 4 is 29.1 Å². The number of hydrogen-bond donors (Lipinski definition) is 1. The minimum atomic E-state index is -0.362. The van der Waals surface area contributed by atoms with E-state index in [1.54, 1.807) is 18.2 Å². The highest BCUT2D eigenvalue weighted by Crippen LogP contribution is 2.40. The van der Waals surface area contributed by atoms with Crippen LogP contribution in [0.1, 0.15) is 48.0 Å². The van der Waals surface area contributed by atoms with Crippen LogP contribution < -0.4 is 15.1 Å². The Morgan fingerprint density at radius 2 is 1.76 bits per heavy atom. The summed E-state index contributed by atoms with van der Waals surface area (Å²) >= 11 is 0. The Bertz CT molecular complexity index is 1110. The molecule has 5 rings (SSSR count). The Balaban J connectivity index is 1.40. The summed E-state index contributed by atoms with van der Waals surface area (Å²) in [6.45, 7) is 2.30. The third-order valence-electron chi connectivity index (χ3n) is 6.95. The SMILES string of the molecule is O=C(CN1C(=O)[C@H]2CCCCN2c2ccc(C(=O)N3CCCC3)cc21)NCc1cccc(F)c1. The predicted molar refractivity (Wildman–Crippen MR) is 127 cm³/mol. The lowest BCUT2D eigenvalue weighted by atomic mass is 9.95. The van der Waals surface area contributed by atoms with Gasteiger partial charge in [-0.3, -0.25) is 19.3 Å². The van der Waals surface area contributed by atoms with Crippen molar-refractivity contribution in [1.82, 2.24) is 10.2 Å². The molecule has 3 amide bonds. The maximum Gasteiger partial charge on any atom is 0.253 e. The molecule has 0 spiro atoms. The van der Waals surface area contributed by atoms with Gasteiger partial charge in [-0.05, 0) is 68.0 Å². The number of anilines is 2. The lowest BCUT2D eigenvalue weighted by Gasteiger charge is -2.45. The zero-order valence-electron chi connectivity index (χ0n) is 19.1. The number of piperidine rings is 1. The maximum absolute atomic E-state index is 13.5. The second kappa shape index (κ2) is 9.44. The number of amides is 3. The van der Waals surface area contributed by atoms with Crippen molar-refractivity contribution in [1.29, 1.82) is 0 Å². The number of carbonyl (C=O) groups is 3. The number of halogens is 1. The number of rotatable bonds is 5. The van der Waals surface area contributed by atoms with E-state index in [1.165, 1.54) is 17.0 Å². The number of benzene rings is 2. The normalized spacial score (nSPS) is 19.6. The number of likely N-dealkylation sites (tertiary alicyclic amines) is 1. The van der Waals surface area contributed by atoms with Crippen LogP contribution in [0.4, 0.5) is 15.8 Å². The van der Waals surface area contributed by atoms with Crippen LogP contribution in [-0.2, 0) is 16.1 Å². The highest BCUT2D eigenvalue weighted by atomic mass is 19.1. The number of hydrogen-bond acceptors (Lipinski definition) is 4. The first kappa shape index (κ1) is 22.4. The van der Waals surface area contributed by atoms with Crippen LogP contribution in [0.3, 0.4) is 0 Å². The molecule has 1 atom stereocenters. The minimum absolute atomic E-state index is 0.0379. The van der Waals surface area contributed by atoms with E-state index in [1.807, 2.05) is 17.0 Å². The molecule has 3 aliphatic rings. The molecule has 3 heterocycles. The molecule has 0 bridgehead atoms.